The molecule has 1 amide bonds. The number of nitrogens with one attached hydrogen (secondary N) is 2. The number of carbonyl (C=O) groups excluding carboxylic acids is 2. The zero-order chi connectivity index (χ0) is 14.8. The molecule has 1 aromatic heterocycles. The number of H-pyrrole nitrogens is 1. The lowest BCUT2D eigenvalue weighted by Crippen LogP contribution is -2.06. The van der Waals surface area contributed by atoms with Crippen molar-refractivity contribution in [1.82, 2.24) is 10.2 Å². The van der Waals surface area contributed by atoms with Gasteiger partial charge in [0.25, 0.3) is 0 Å². The summed E-state index contributed by atoms with van der Waals surface area (Å²) in [7, 11) is 0. The Kier molecular flexibility index (Phi) is 3.23. The Labute approximate surface area is 121 Å². The van der Waals surface area contributed by atoms with E-state index in [0.717, 1.165) is 5.39 Å². The minimum Gasteiger partial charge on any atom is -0.309 e. The highest BCUT2D eigenvalue weighted by molar-refractivity contribution is 6.11. The maximum Gasteiger partial charge on any atom is 0.222 e. The van der Waals surface area contributed by atoms with Crippen molar-refractivity contribution in [3.63, 3.8) is 0 Å². The van der Waals surface area contributed by atoms with Crippen LogP contribution < -0.4 is 5.32 Å². The second-order valence-corrected chi connectivity index (χ2v) is 4.71. The highest BCUT2D eigenvalue weighted by Crippen LogP contribution is 2.22. The van der Waals surface area contributed by atoms with E-state index in [0.29, 0.717) is 22.5 Å². The third-order valence-electron chi connectivity index (χ3n) is 3.16. The molecule has 3 rings (SSSR count). The van der Waals surface area contributed by atoms with E-state index in [1.807, 2.05) is 18.2 Å². The summed E-state index contributed by atoms with van der Waals surface area (Å²) in [6.45, 7) is 1.42. The Balaban J connectivity index is 1.99. The van der Waals surface area contributed by atoms with E-state index in [1.165, 1.54) is 6.92 Å². The smallest absolute Gasteiger partial charge is 0.222 e. The Hall–Kier alpha value is -2.95. The second kappa shape index (κ2) is 5.20. The average molecular weight is 279 g/mol. The van der Waals surface area contributed by atoms with Crippen LogP contribution in [0, 0.1) is 0 Å². The van der Waals surface area contributed by atoms with Gasteiger partial charge >= 0.3 is 0 Å². The van der Waals surface area contributed by atoms with Crippen molar-refractivity contribution in [2.45, 2.75) is 6.92 Å². The van der Waals surface area contributed by atoms with Gasteiger partial charge in [-0.2, -0.15) is 5.10 Å². The van der Waals surface area contributed by atoms with Gasteiger partial charge in [0.1, 0.15) is 0 Å². The maximum atomic E-state index is 12.4. The van der Waals surface area contributed by atoms with Crippen molar-refractivity contribution in [3.8, 4) is 0 Å². The summed E-state index contributed by atoms with van der Waals surface area (Å²) in [4.78, 5) is 23.5. The number of anilines is 1. The highest BCUT2D eigenvalue weighted by Gasteiger charge is 2.12. The molecule has 0 saturated carbocycles. The molecular weight excluding hydrogens is 266 g/mol. The lowest BCUT2D eigenvalue weighted by molar-refractivity contribution is -0.114. The van der Waals surface area contributed by atoms with Crippen LogP contribution in [0.15, 0.2) is 48.5 Å². The Morgan fingerprint density at radius 3 is 2.52 bits per heavy atom. The fraction of sp³-hybridized carbons (Fsp3) is 0.0625. The predicted octanol–water partition coefficient (Wildman–Crippen LogP) is 2.75. The first kappa shape index (κ1) is 13.1. The quantitative estimate of drug-likeness (QED) is 0.724. The van der Waals surface area contributed by atoms with Crippen molar-refractivity contribution >= 4 is 28.4 Å². The van der Waals surface area contributed by atoms with Crippen LogP contribution in [0.5, 0.6) is 0 Å². The lowest BCUT2D eigenvalue weighted by atomic mass is 10.0. The lowest BCUT2D eigenvalue weighted by Gasteiger charge is -2.02. The molecular formula is C16H13N3O2. The van der Waals surface area contributed by atoms with Gasteiger partial charge < -0.3 is 5.32 Å². The van der Waals surface area contributed by atoms with Crippen LogP contribution in [0.1, 0.15) is 22.8 Å². The molecule has 2 aromatic carbocycles. The molecule has 0 spiro atoms. The first-order chi connectivity index (χ1) is 10.1. The summed E-state index contributed by atoms with van der Waals surface area (Å²) in [5, 5.41) is 10.3. The molecule has 3 aromatic rings. The zero-order valence-electron chi connectivity index (χ0n) is 11.4. The van der Waals surface area contributed by atoms with E-state index < -0.39 is 0 Å². The number of amides is 1. The van der Waals surface area contributed by atoms with Gasteiger partial charge in [-0.05, 0) is 12.1 Å². The summed E-state index contributed by atoms with van der Waals surface area (Å²) >= 11 is 0. The molecule has 0 saturated heterocycles. The van der Waals surface area contributed by atoms with Gasteiger partial charge in [0.2, 0.25) is 5.91 Å². The van der Waals surface area contributed by atoms with E-state index >= 15 is 0 Å². The average Bonchev–Trinajstić information content (AvgIpc) is 2.89. The van der Waals surface area contributed by atoms with Gasteiger partial charge in [-0.25, -0.2) is 0 Å². The summed E-state index contributed by atoms with van der Waals surface area (Å²) in [6, 6.07) is 14.3. The second-order valence-electron chi connectivity index (χ2n) is 4.71. The minimum absolute atomic E-state index is 0.0480. The van der Waals surface area contributed by atoms with Crippen molar-refractivity contribution < 1.29 is 9.59 Å². The summed E-state index contributed by atoms with van der Waals surface area (Å²) in [5.41, 5.74) is 1.92. The molecule has 1 heterocycles. The number of aromatic nitrogens is 2. The summed E-state index contributed by atoms with van der Waals surface area (Å²) in [5.74, 6) is 0.234. The van der Waals surface area contributed by atoms with Gasteiger partial charge in [-0.3, -0.25) is 14.7 Å². The van der Waals surface area contributed by atoms with Crippen LogP contribution >= 0.6 is 0 Å². The molecule has 104 valence electrons. The number of benzene rings is 2. The number of hydrogen-bond donors (Lipinski definition) is 2. The number of hydrogen-bond acceptors (Lipinski definition) is 3. The molecule has 0 bridgehead atoms. The molecule has 2 N–H and O–H groups in total. The van der Waals surface area contributed by atoms with Gasteiger partial charge in [0, 0.05) is 23.4 Å². The van der Waals surface area contributed by atoms with Crippen molar-refractivity contribution in [1.29, 1.82) is 0 Å². The van der Waals surface area contributed by atoms with Gasteiger partial charge in [0.15, 0.2) is 11.6 Å². The topological polar surface area (TPSA) is 74.8 Å². The van der Waals surface area contributed by atoms with Crippen molar-refractivity contribution in [3.05, 3.63) is 59.7 Å². The summed E-state index contributed by atoms with van der Waals surface area (Å²) < 4.78 is 0. The minimum atomic E-state index is -0.187. The maximum absolute atomic E-state index is 12.4. The normalized spacial score (nSPS) is 10.5. The Morgan fingerprint density at radius 1 is 1.05 bits per heavy atom. The van der Waals surface area contributed by atoms with Gasteiger partial charge in [-0.1, -0.05) is 36.4 Å². The van der Waals surface area contributed by atoms with Crippen molar-refractivity contribution in [2.75, 3.05) is 5.32 Å². The molecule has 0 aliphatic rings. The van der Waals surface area contributed by atoms with Gasteiger partial charge in [0.05, 0.1) is 5.52 Å². The monoisotopic (exact) mass is 279 g/mol. The fourth-order valence-corrected chi connectivity index (χ4v) is 2.18. The molecule has 5 heteroatoms. The Bertz CT molecular complexity index is 822. The standard InChI is InChI=1S/C16H13N3O2/c1-10(20)17-16-13-8-7-12(9-14(13)18-19-16)15(21)11-5-3-2-4-6-11/h2-9H,1H3,(H2,17,18,19,20). The largest absolute Gasteiger partial charge is 0.309 e. The van der Waals surface area contributed by atoms with Crippen LogP contribution in [-0.4, -0.2) is 21.9 Å². The van der Waals surface area contributed by atoms with Crippen LogP contribution in [0.4, 0.5) is 5.82 Å². The molecule has 0 unspecified atom stereocenters. The van der Waals surface area contributed by atoms with Crippen LogP contribution in [0.3, 0.4) is 0 Å². The molecule has 21 heavy (non-hydrogen) atoms. The molecule has 5 nitrogen and oxygen atoms in total. The first-order valence-electron chi connectivity index (χ1n) is 6.50. The number of fused-ring (bicyclic) bond motifs is 1. The van der Waals surface area contributed by atoms with E-state index in [4.69, 9.17) is 0 Å². The highest BCUT2D eigenvalue weighted by atomic mass is 16.1. The van der Waals surface area contributed by atoms with Crippen LogP contribution in [0.2, 0.25) is 0 Å². The van der Waals surface area contributed by atoms with Crippen LogP contribution in [0.25, 0.3) is 10.9 Å². The predicted molar refractivity (Wildman–Crippen MR) is 80.3 cm³/mol. The first-order valence-corrected chi connectivity index (χ1v) is 6.50. The number of rotatable bonds is 3. The molecule has 0 atom stereocenters. The molecule has 0 aliphatic heterocycles. The zero-order valence-corrected chi connectivity index (χ0v) is 11.4. The third-order valence-corrected chi connectivity index (χ3v) is 3.16. The third kappa shape index (κ3) is 2.53. The molecule has 0 aliphatic carbocycles. The number of aromatic amines is 1. The molecule has 0 fully saturated rings. The number of carbonyl (C=O) groups is 2. The van der Waals surface area contributed by atoms with Crippen molar-refractivity contribution in [2.24, 2.45) is 0 Å². The SMILES string of the molecule is CC(=O)Nc1n[nH]c2cc(C(=O)c3ccccc3)ccc12. The van der Waals surface area contributed by atoms with E-state index in [-0.39, 0.29) is 11.7 Å². The Morgan fingerprint density at radius 2 is 1.81 bits per heavy atom. The van der Waals surface area contributed by atoms with E-state index in [9.17, 15) is 9.59 Å². The fourth-order valence-electron chi connectivity index (χ4n) is 2.18. The number of nitrogens with zero attached hydrogens (tertiary/aromatic N) is 1. The van der Waals surface area contributed by atoms with Crippen LogP contribution in [-0.2, 0) is 4.79 Å². The molecule has 0 radical (unpaired) electrons. The van der Waals surface area contributed by atoms with E-state index in [1.54, 1.807) is 30.3 Å². The van der Waals surface area contributed by atoms with Gasteiger partial charge in [-0.15, -0.1) is 0 Å². The summed E-state index contributed by atoms with van der Waals surface area (Å²) in [6.07, 6.45) is 0. The van der Waals surface area contributed by atoms with E-state index in [2.05, 4.69) is 15.5 Å². The number of ketones is 1.